The number of pyridine rings is 1. The van der Waals surface area contributed by atoms with Gasteiger partial charge in [0.1, 0.15) is 33.4 Å². The maximum absolute atomic E-state index is 6.81. The molecule has 0 aliphatic carbocycles. The van der Waals surface area contributed by atoms with Crippen molar-refractivity contribution in [3.05, 3.63) is 152 Å². The fourth-order valence-electron chi connectivity index (χ4n) is 8.28. The molecule has 0 spiro atoms. The Balaban J connectivity index is 1.17. The fraction of sp³-hybridized carbons (Fsp3) is 0. The summed E-state index contributed by atoms with van der Waals surface area (Å²) >= 11 is 0. The highest BCUT2D eigenvalue weighted by molar-refractivity contribution is 6.26. The van der Waals surface area contributed by atoms with E-state index in [9.17, 15) is 0 Å². The van der Waals surface area contributed by atoms with E-state index in [-0.39, 0.29) is 0 Å². The van der Waals surface area contributed by atoms with E-state index in [1.807, 2.05) is 30.3 Å². The summed E-state index contributed by atoms with van der Waals surface area (Å²) in [4.78, 5) is 5.46. The van der Waals surface area contributed by atoms with E-state index in [1.165, 1.54) is 16.2 Å². The maximum Gasteiger partial charge on any atom is 0.161 e. The molecule has 4 aromatic heterocycles. The van der Waals surface area contributed by atoms with Gasteiger partial charge in [0.15, 0.2) is 5.58 Å². The molecule has 4 heteroatoms. The zero-order chi connectivity index (χ0) is 33.2. The van der Waals surface area contributed by atoms with Crippen molar-refractivity contribution >= 4 is 98.3 Å². The monoisotopic (exact) mass is 651 g/mol. The number of fused-ring (bicyclic) bond motifs is 15. The molecule has 4 heterocycles. The molecule has 0 radical (unpaired) electrons. The van der Waals surface area contributed by atoms with Crippen LogP contribution >= 0.6 is 0 Å². The van der Waals surface area contributed by atoms with Crippen LogP contribution in [0.1, 0.15) is 0 Å². The Morgan fingerprint density at radius 2 is 1.00 bits per heavy atom. The van der Waals surface area contributed by atoms with Gasteiger partial charge in [0.2, 0.25) is 0 Å². The van der Waals surface area contributed by atoms with Gasteiger partial charge < -0.3 is 13.3 Å². The van der Waals surface area contributed by atoms with E-state index in [2.05, 4.69) is 121 Å². The van der Waals surface area contributed by atoms with Crippen LogP contribution in [0.4, 0.5) is 0 Å². The van der Waals surface area contributed by atoms with E-state index in [1.54, 1.807) is 0 Å². The minimum Gasteiger partial charge on any atom is -0.455 e. The zero-order valence-corrected chi connectivity index (χ0v) is 27.1. The van der Waals surface area contributed by atoms with Gasteiger partial charge in [-0.2, -0.15) is 0 Å². The lowest BCUT2D eigenvalue weighted by Crippen LogP contribution is -1.90. The van der Waals surface area contributed by atoms with Crippen molar-refractivity contribution in [2.75, 3.05) is 0 Å². The summed E-state index contributed by atoms with van der Waals surface area (Å²) in [6.07, 6.45) is 0. The first-order chi connectivity index (χ1) is 25.3. The van der Waals surface area contributed by atoms with Crippen LogP contribution in [0, 0.1) is 0 Å². The highest BCUT2D eigenvalue weighted by Crippen LogP contribution is 2.45. The van der Waals surface area contributed by atoms with Gasteiger partial charge in [-0.15, -0.1) is 0 Å². The molecule has 0 aliphatic rings. The van der Waals surface area contributed by atoms with Gasteiger partial charge in [0.05, 0.1) is 11.1 Å². The third-order valence-corrected chi connectivity index (χ3v) is 10.6. The lowest BCUT2D eigenvalue weighted by atomic mass is 9.94. The van der Waals surface area contributed by atoms with Gasteiger partial charge in [-0.25, -0.2) is 4.98 Å². The van der Waals surface area contributed by atoms with E-state index in [0.717, 1.165) is 104 Å². The Morgan fingerprint density at radius 3 is 1.86 bits per heavy atom. The summed E-state index contributed by atoms with van der Waals surface area (Å²) < 4.78 is 20.0. The predicted molar refractivity (Wildman–Crippen MR) is 209 cm³/mol. The molecule has 0 unspecified atom stereocenters. The van der Waals surface area contributed by atoms with Gasteiger partial charge >= 0.3 is 0 Å². The summed E-state index contributed by atoms with van der Waals surface area (Å²) in [5.41, 5.74) is 9.72. The Kier molecular flexibility index (Phi) is 5.20. The number of aromatic nitrogens is 1. The number of para-hydroxylation sites is 2. The molecule has 0 saturated heterocycles. The molecule has 51 heavy (non-hydrogen) atoms. The molecule has 0 N–H and O–H groups in total. The average molecular weight is 652 g/mol. The van der Waals surface area contributed by atoms with Crippen molar-refractivity contribution in [3.8, 4) is 22.4 Å². The minimum absolute atomic E-state index is 0.763. The van der Waals surface area contributed by atoms with Crippen LogP contribution in [0.5, 0.6) is 0 Å². The molecule has 0 fully saturated rings. The smallest absolute Gasteiger partial charge is 0.161 e. The van der Waals surface area contributed by atoms with Crippen molar-refractivity contribution in [1.29, 1.82) is 0 Å². The number of nitrogens with zero attached hydrogens (tertiary/aromatic N) is 1. The number of furan rings is 3. The first-order valence-corrected chi connectivity index (χ1v) is 17.2. The molecule has 12 rings (SSSR count). The van der Waals surface area contributed by atoms with Crippen molar-refractivity contribution in [3.63, 3.8) is 0 Å². The maximum atomic E-state index is 6.81. The summed E-state index contributed by atoms with van der Waals surface area (Å²) in [6.45, 7) is 0. The predicted octanol–water partition coefficient (Wildman–Crippen LogP) is 13.6. The number of rotatable bonds is 2. The summed E-state index contributed by atoms with van der Waals surface area (Å²) in [5, 5.41) is 12.0. The van der Waals surface area contributed by atoms with Gasteiger partial charge in [-0.1, -0.05) is 103 Å². The second-order valence-corrected chi connectivity index (χ2v) is 13.4. The van der Waals surface area contributed by atoms with Crippen LogP contribution in [0.15, 0.2) is 165 Å². The van der Waals surface area contributed by atoms with E-state index >= 15 is 0 Å². The van der Waals surface area contributed by atoms with E-state index in [4.69, 9.17) is 18.2 Å². The average Bonchev–Trinajstić information content (AvgIpc) is 3.88. The van der Waals surface area contributed by atoms with Crippen LogP contribution in [0.2, 0.25) is 0 Å². The van der Waals surface area contributed by atoms with E-state index < -0.39 is 0 Å². The summed E-state index contributed by atoms with van der Waals surface area (Å²) in [6, 6.07) is 53.0. The SMILES string of the molecule is c1cc(-c2cc3ccccc3c3c2oc2cc4ccccc4cc23)cc(-c2nc3c(ccc4c5ccccc5oc43)c3oc4ccccc4c23)c1. The normalized spacial score (nSPS) is 12.3. The number of hydrogen-bond donors (Lipinski definition) is 0. The lowest BCUT2D eigenvalue weighted by molar-refractivity contribution is 0.668. The number of benzene rings is 8. The van der Waals surface area contributed by atoms with Gasteiger partial charge in [0.25, 0.3) is 0 Å². The van der Waals surface area contributed by atoms with Crippen LogP contribution in [-0.2, 0) is 0 Å². The van der Waals surface area contributed by atoms with Crippen molar-refractivity contribution in [2.45, 2.75) is 0 Å². The minimum atomic E-state index is 0.763. The first-order valence-electron chi connectivity index (χ1n) is 17.2. The third kappa shape index (κ3) is 3.71. The Labute approximate surface area is 289 Å². The van der Waals surface area contributed by atoms with Gasteiger partial charge in [0, 0.05) is 43.4 Å². The second-order valence-electron chi connectivity index (χ2n) is 13.4. The van der Waals surface area contributed by atoms with Crippen LogP contribution in [-0.4, -0.2) is 4.98 Å². The molecule has 0 atom stereocenters. The first kappa shape index (κ1) is 27.0. The molecule has 8 aromatic carbocycles. The second kappa shape index (κ2) is 9.84. The lowest BCUT2D eigenvalue weighted by Gasteiger charge is -2.11. The Bertz CT molecular complexity index is 3430. The quantitative estimate of drug-likeness (QED) is 0.187. The standard InChI is InChI=1S/C47H25NO3/c1-2-11-27-25-40-37(23-26(27)10-1)41-31-15-4-3-12-29(31)24-36(46(41)51-40)28-13-9-14-30(22-28)43-42-34-17-6-8-19-39(34)49-45(42)35-21-20-33-32-16-5-7-18-38(32)50-47(33)44(35)48-43/h1-25H. The summed E-state index contributed by atoms with van der Waals surface area (Å²) in [7, 11) is 0. The Hall–Kier alpha value is -6.91. The van der Waals surface area contributed by atoms with Crippen LogP contribution < -0.4 is 0 Å². The topological polar surface area (TPSA) is 52.3 Å². The Morgan fingerprint density at radius 1 is 0.353 bits per heavy atom. The molecule has 236 valence electrons. The van der Waals surface area contributed by atoms with Crippen molar-refractivity contribution < 1.29 is 13.3 Å². The number of hydrogen-bond acceptors (Lipinski definition) is 4. The molecular formula is C47H25NO3. The molecule has 0 saturated carbocycles. The zero-order valence-electron chi connectivity index (χ0n) is 27.1. The van der Waals surface area contributed by atoms with Crippen LogP contribution in [0.3, 0.4) is 0 Å². The van der Waals surface area contributed by atoms with Crippen molar-refractivity contribution in [2.24, 2.45) is 0 Å². The van der Waals surface area contributed by atoms with Gasteiger partial charge in [-0.05, 0) is 75.6 Å². The molecule has 0 amide bonds. The third-order valence-electron chi connectivity index (χ3n) is 10.6. The molecule has 4 nitrogen and oxygen atoms in total. The van der Waals surface area contributed by atoms with Gasteiger partial charge in [-0.3, -0.25) is 0 Å². The van der Waals surface area contributed by atoms with Crippen LogP contribution in [0.25, 0.3) is 121 Å². The fourth-order valence-corrected chi connectivity index (χ4v) is 8.28. The van der Waals surface area contributed by atoms with Crippen molar-refractivity contribution in [1.82, 2.24) is 4.98 Å². The van der Waals surface area contributed by atoms with E-state index in [0.29, 0.717) is 0 Å². The molecule has 0 bridgehead atoms. The highest BCUT2D eigenvalue weighted by atomic mass is 16.3. The molecule has 12 aromatic rings. The largest absolute Gasteiger partial charge is 0.455 e. The highest BCUT2D eigenvalue weighted by Gasteiger charge is 2.22. The molecule has 0 aliphatic heterocycles. The summed E-state index contributed by atoms with van der Waals surface area (Å²) in [5.74, 6) is 0. The molecular weight excluding hydrogens is 627 g/mol.